The Bertz CT molecular complexity index is 841. The van der Waals surface area contributed by atoms with Gasteiger partial charge in [-0.3, -0.25) is 9.79 Å². The van der Waals surface area contributed by atoms with Crippen LogP contribution < -0.4 is 15.8 Å². The van der Waals surface area contributed by atoms with Crippen LogP contribution in [0.15, 0.2) is 58.4 Å². The minimum atomic E-state index is -0.203. The van der Waals surface area contributed by atoms with Gasteiger partial charge in [-0.1, -0.05) is 6.07 Å². The summed E-state index contributed by atoms with van der Waals surface area (Å²) in [4.78, 5) is 21.1. The monoisotopic (exact) mass is 399 g/mol. The van der Waals surface area contributed by atoms with Gasteiger partial charge in [0.2, 0.25) is 5.56 Å². The number of guanidine groups is 1. The zero-order chi connectivity index (χ0) is 20.5. The van der Waals surface area contributed by atoms with E-state index in [9.17, 15) is 9.18 Å². The highest BCUT2D eigenvalue weighted by molar-refractivity contribution is 5.80. The van der Waals surface area contributed by atoms with Crippen LogP contribution in [0.3, 0.4) is 0 Å². The lowest BCUT2D eigenvalue weighted by atomic mass is 10.2. The van der Waals surface area contributed by atoms with Crippen LogP contribution in [-0.2, 0) is 6.54 Å². The van der Waals surface area contributed by atoms with Crippen molar-refractivity contribution >= 4 is 11.6 Å². The summed E-state index contributed by atoms with van der Waals surface area (Å²) < 4.78 is 14.9. The number of aliphatic imine (C=N–C) groups is 1. The molecule has 1 fully saturated rings. The van der Waals surface area contributed by atoms with E-state index in [4.69, 9.17) is 4.99 Å². The predicted molar refractivity (Wildman–Crippen MR) is 116 cm³/mol. The van der Waals surface area contributed by atoms with Gasteiger partial charge >= 0.3 is 0 Å². The topological polar surface area (TPSA) is 52.9 Å². The molecule has 156 valence electrons. The molecule has 0 atom stereocenters. The number of benzene rings is 1. The normalized spacial score (nSPS) is 14.9. The molecule has 1 aliphatic rings. The molecule has 0 bridgehead atoms. The van der Waals surface area contributed by atoms with Crippen molar-refractivity contribution in [1.82, 2.24) is 14.8 Å². The Kier molecular flexibility index (Phi) is 7.67. The summed E-state index contributed by atoms with van der Waals surface area (Å²) in [5, 5.41) is 3.38. The fourth-order valence-electron chi connectivity index (χ4n) is 3.48. The molecule has 2 heterocycles. The summed E-state index contributed by atoms with van der Waals surface area (Å²) in [6.07, 6.45) is 3.69. The molecule has 0 saturated carbocycles. The van der Waals surface area contributed by atoms with Crippen LogP contribution in [-0.4, -0.2) is 54.7 Å². The second-order valence-electron chi connectivity index (χ2n) is 7.13. The third-order valence-electron chi connectivity index (χ3n) is 5.07. The molecule has 0 amide bonds. The van der Waals surface area contributed by atoms with Gasteiger partial charge < -0.3 is 19.7 Å². The maximum Gasteiger partial charge on any atom is 0.250 e. The van der Waals surface area contributed by atoms with Crippen LogP contribution in [0.25, 0.3) is 0 Å². The van der Waals surface area contributed by atoms with E-state index in [2.05, 4.69) is 22.0 Å². The number of anilines is 1. The van der Waals surface area contributed by atoms with Crippen molar-refractivity contribution in [3.8, 4) is 0 Å². The molecular formula is C22H30FN5O. The second-order valence-corrected chi connectivity index (χ2v) is 7.13. The maximum absolute atomic E-state index is 13.1. The molecule has 0 spiro atoms. The molecule has 3 rings (SSSR count). The third kappa shape index (κ3) is 6.07. The average Bonchev–Trinajstić information content (AvgIpc) is 2.75. The number of hydrogen-bond donors (Lipinski definition) is 1. The molecule has 7 heteroatoms. The lowest BCUT2D eigenvalue weighted by Crippen LogP contribution is -2.52. The summed E-state index contributed by atoms with van der Waals surface area (Å²) in [5.41, 5.74) is 1.10. The number of nitrogens with one attached hydrogen (secondary N) is 1. The largest absolute Gasteiger partial charge is 0.368 e. The number of aryl methyl sites for hydroxylation is 1. The Morgan fingerprint density at radius 2 is 1.83 bits per heavy atom. The lowest BCUT2D eigenvalue weighted by Gasteiger charge is -2.37. The van der Waals surface area contributed by atoms with E-state index in [1.165, 1.54) is 12.1 Å². The highest BCUT2D eigenvalue weighted by Crippen LogP contribution is 2.17. The van der Waals surface area contributed by atoms with Crippen LogP contribution in [0.4, 0.5) is 10.1 Å². The van der Waals surface area contributed by atoms with Gasteiger partial charge in [-0.25, -0.2) is 4.39 Å². The van der Waals surface area contributed by atoms with Crippen LogP contribution in [0.2, 0.25) is 0 Å². The Labute approximate surface area is 171 Å². The molecule has 1 aliphatic heterocycles. The molecule has 2 aromatic rings. The zero-order valence-corrected chi connectivity index (χ0v) is 17.1. The first-order valence-electron chi connectivity index (χ1n) is 10.4. The van der Waals surface area contributed by atoms with Crippen molar-refractivity contribution in [2.75, 3.05) is 44.2 Å². The minimum Gasteiger partial charge on any atom is -0.368 e. The minimum absolute atomic E-state index is 0.0448. The number of nitrogens with zero attached hydrogens (tertiary/aromatic N) is 4. The van der Waals surface area contributed by atoms with Crippen molar-refractivity contribution in [3.05, 3.63) is 64.8 Å². The summed E-state index contributed by atoms with van der Waals surface area (Å²) in [5.74, 6) is 0.745. The van der Waals surface area contributed by atoms with Crippen molar-refractivity contribution in [2.45, 2.75) is 26.3 Å². The molecule has 1 saturated heterocycles. The zero-order valence-electron chi connectivity index (χ0n) is 17.1. The maximum atomic E-state index is 13.1. The Hall–Kier alpha value is -2.83. The first-order valence-corrected chi connectivity index (χ1v) is 10.4. The summed E-state index contributed by atoms with van der Waals surface area (Å²) in [7, 11) is 0. The standard InChI is InChI=1S/C22H30FN5O/c1-2-24-22(25-12-4-6-14-27-13-5-3-7-21(27)29)28-17-15-26(16-18-28)20-10-8-19(23)9-11-20/h3,5,7-11,13H,2,4,6,12,14-18H2,1H3,(H,24,25). The van der Waals surface area contributed by atoms with Crippen LogP contribution in [0, 0.1) is 5.82 Å². The van der Waals surface area contributed by atoms with Crippen molar-refractivity contribution in [1.29, 1.82) is 0 Å². The van der Waals surface area contributed by atoms with Gasteiger partial charge in [0.25, 0.3) is 0 Å². The molecule has 1 aromatic heterocycles. The van der Waals surface area contributed by atoms with Gasteiger partial charge in [0, 0.05) is 63.8 Å². The number of piperazine rings is 1. The quantitative estimate of drug-likeness (QED) is 0.442. The summed E-state index contributed by atoms with van der Waals surface area (Å²) in [6.45, 7) is 7.89. The van der Waals surface area contributed by atoms with E-state index in [0.29, 0.717) is 0 Å². The number of rotatable bonds is 7. The molecular weight excluding hydrogens is 369 g/mol. The highest BCUT2D eigenvalue weighted by atomic mass is 19.1. The first kappa shape index (κ1) is 20.9. The fourth-order valence-corrected chi connectivity index (χ4v) is 3.48. The van der Waals surface area contributed by atoms with Gasteiger partial charge in [0.15, 0.2) is 5.96 Å². The van der Waals surface area contributed by atoms with Crippen LogP contribution in [0.1, 0.15) is 19.8 Å². The van der Waals surface area contributed by atoms with E-state index < -0.39 is 0 Å². The van der Waals surface area contributed by atoms with Crippen LogP contribution >= 0.6 is 0 Å². The fraction of sp³-hybridized carbons (Fsp3) is 0.455. The number of aromatic nitrogens is 1. The Balaban J connectivity index is 1.47. The molecule has 6 nitrogen and oxygen atoms in total. The van der Waals surface area contributed by atoms with Gasteiger partial charge in [-0.2, -0.15) is 0 Å². The smallest absolute Gasteiger partial charge is 0.250 e. The van der Waals surface area contributed by atoms with E-state index in [1.54, 1.807) is 16.7 Å². The molecule has 0 radical (unpaired) electrons. The van der Waals surface area contributed by atoms with E-state index in [-0.39, 0.29) is 11.4 Å². The number of pyridine rings is 1. The average molecular weight is 400 g/mol. The first-order chi connectivity index (χ1) is 14.2. The molecule has 0 aliphatic carbocycles. The van der Waals surface area contributed by atoms with E-state index in [1.807, 2.05) is 24.4 Å². The SMILES string of the molecule is CCNC(=NCCCCn1ccccc1=O)N1CCN(c2ccc(F)cc2)CC1. The molecule has 0 unspecified atom stereocenters. The Morgan fingerprint density at radius 1 is 1.07 bits per heavy atom. The highest BCUT2D eigenvalue weighted by Gasteiger charge is 2.19. The van der Waals surface area contributed by atoms with Crippen molar-refractivity contribution in [3.63, 3.8) is 0 Å². The van der Waals surface area contributed by atoms with Gasteiger partial charge in [-0.05, 0) is 50.1 Å². The molecule has 1 N–H and O–H groups in total. The van der Waals surface area contributed by atoms with Crippen molar-refractivity contribution in [2.24, 2.45) is 4.99 Å². The lowest BCUT2D eigenvalue weighted by molar-refractivity contribution is 0.372. The van der Waals surface area contributed by atoms with Crippen molar-refractivity contribution < 1.29 is 4.39 Å². The number of halogens is 1. The predicted octanol–water partition coefficient (Wildman–Crippen LogP) is 2.56. The molecule has 1 aromatic carbocycles. The van der Waals surface area contributed by atoms with E-state index in [0.717, 1.165) is 70.3 Å². The Morgan fingerprint density at radius 3 is 2.52 bits per heavy atom. The second kappa shape index (κ2) is 10.6. The van der Waals surface area contributed by atoms with Gasteiger partial charge in [0.1, 0.15) is 5.82 Å². The van der Waals surface area contributed by atoms with Gasteiger partial charge in [-0.15, -0.1) is 0 Å². The third-order valence-corrected chi connectivity index (χ3v) is 5.07. The van der Waals surface area contributed by atoms with Crippen LogP contribution in [0.5, 0.6) is 0 Å². The van der Waals surface area contributed by atoms with Gasteiger partial charge in [0.05, 0.1) is 0 Å². The number of hydrogen-bond acceptors (Lipinski definition) is 3. The van der Waals surface area contributed by atoms with E-state index >= 15 is 0 Å². The molecule has 29 heavy (non-hydrogen) atoms. The summed E-state index contributed by atoms with van der Waals surface area (Å²) in [6, 6.07) is 11.9. The summed E-state index contributed by atoms with van der Waals surface area (Å²) >= 11 is 0. The number of unbranched alkanes of at least 4 members (excludes halogenated alkanes) is 1.